The summed E-state index contributed by atoms with van der Waals surface area (Å²) in [6, 6.07) is 0. The molecular formula is C6H11NO3S. The molecule has 1 amide bonds. The van der Waals surface area contributed by atoms with Gasteiger partial charge in [0.15, 0.2) is 5.12 Å². The summed E-state index contributed by atoms with van der Waals surface area (Å²) in [5, 5.41) is 2.51. The van der Waals surface area contributed by atoms with Gasteiger partial charge in [-0.3, -0.25) is 4.79 Å². The molecule has 0 aliphatic heterocycles. The minimum atomic E-state index is -0.464. The van der Waals surface area contributed by atoms with E-state index in [2.05, 4.69) is 10.1 Å². The van der Waals surface area contributed by atoms with E-state index in [0.29, 0.717) is 12.3 Å². The molecule has 0 unspecified atom stereocenters. The van der Waals surface area contributed by atoms with Crippen LogP contribution >= 0.6 is 11.8 Å². The van der Waals surface area contributed by atoms with Crippen molar-refractivity contribution in [3.8, 4) is 0 Å². The van der Waals surface area contributed by atoms with Crippen molar-refractivity contribution in [3.05, 3.63) is 0 Å². The van der Waals surface area contributed by atoms with Gasteiger partial charge in [-0.05, 0) is 0 Å². The zero-order valence-corrected chi connectivity index (χ0v) is 7.36. The largest absolute Gasteiger partial charge is 0.453 e. The molecule has 0 radical (unpaired) electrons. The molecular weight excluding hydrogens is 166 g/mol. The van der Waals surface area contributed by atoms with E-state index in [0.717, 1.165) is 0 Å². The quantitative estimate of drug-likeness (QED) is 0.642. The van der Waals surface area contributed by atoms with Crippen LogP contribution in [0, 0.1) is 0 Å². The van der Waals surface area contributed by atoms with Gasteiger partial charge in [-0.2, -0.15) is 0 Å². The van der Waals surface area contributed by atoms with Crippen molar-refractivity contribution in [2.24, 2.45) is 0 Å². The van der Waals surface area contributed by atoms with Crippen molar-refractivity contribution in [2.45, 2.75) is 6.92 Å². The fourth-order valence-electron chi connectivity index (χ4n) is 0.420. The van der Waals surface area contributed by atoms with Crippen LogP contribution in [-0.4, -0.2) is 30.6 Å². The van der Waals surface area contributed by atoms with E-state index in [4.69, 9.17) is 0 Å². The normalized spacial score (nSPS) is 8.91. The van der Waals surface area contributed by atoms with E-state index >= 15 is 0 Å². The highest BCUT2D eigenvalue weighted by Gasteiger charge is 1.97. The van der Waals surface area contributed by atoms with Crippen LogP contribution in [0.5, 0.6) is 0 Å². The van der Waals surface area contributed by atoms with Gasteiger partial charge in [0.1, 0.15) is 0 Å². The van der Waals surface area contributed by atoms with Gasteiger partial charge in [-0.1, -0.05) is 11.8 Å². The Hall–Kier alpha value is -0.710. The second-order valence-corrected chi connectivity index (χ2v) is 3.03. The molecule has 0 atom stereocenters. The van der Waals surface area contributed by atoms with Crippen molar-refractivity contribution in [2.75, 3.05) is 19.4 Å². The highest BCUT2D eigenvalue weighted by Crippen LogP contribution is 1.97. The van der Waals surface area contributed by atoms with Gasteiger partial charge < -0.3 is 10.1 Å². The van der Waals surface area contributed by atoms with Crippen molar-refractivity contribution < 1.29 is 14.3 Å². The van der Waals surface area contributed by atoms with Crippen LogP contribution in [-0.2, 0) is 9.53 Å². The first-order valence-electron chi connectivity index (χ1n) is 3.12. The molecule has 0 aromatic carbocycles. The van der Waals surface area contributed by atoms with Crippen molar-refractivity contribution in [1.29, 1.82) is 0 Å². The molecule has 1 N–H and O–H groups in total. The highest BCUT2D eigenvalue weighted by molar-refractivity contribution is 8.13. The molecule has 0 aliphatic rings. The Bertz CT molecular complexity index is 149. The molecule has 11 heavy (non-hydrogen) atoms. The number of carbonyl (C=O) groups is 2. The fourth-order valence-corrected chi connectivity index (χ4v) is 0.912. The number of methoxy groups -OCH3 is 1. The number of hydrogen-bond donors (Lipinski definition) is 1. The molecule has 0 bridgehead atoms. The Morgan fingerprint density at radius 2 is 2.18 bits per heavy atom. The predicted molar refractivity (Wildman–Crippen MR) is 43.5 cm³/mol. The molecule has 0 rings (SSSR count). The van der Waals surface area contributed by atoms with Crippen LogP contribution in [0.4, 0.5) is 4.79 Å². The smallest absolute Gasteiger partial charge is 0.406 e. The second-order valence-electron chi connectivity index (χ2n) is 1.76. The maximum Gasteiger partial charge on any atom is 0.406 e. The van der Waals surface area contributed by atoms with Crippen LogP contribution in [0.15, 0.2) is 0 Å². The van der Waals surface area contributed by atoms with Gasteiger partial charge in [0.2, 0.25) is 0 Å². The van der Waals surface area contributed by atoms with Gasteiger partial charge in [0, 0.05) is 19.2 Å². The first kappa shape index (κ1) is 10.3. The third-order valence-electron chi connectivity index (χ3n) is 0.862. The monoisotopic (exact) mass is 177 g/mol. The van der Waals surface area contributed by atoms with Crippen LogP contribution in [0.3, 0.4) is 0 Å². The average molecular weight is 177 g/mol. The summed E-state index contributed by atoms with van der Waals surface area (Å²) in [6.45, 7) is 1.94. The van der Waals surface area contributed by atoms with E-state index < -0.39 is 6.09 Å². The van der Waals surface area contributed by atoms with Gasteiger partial charge in [-0.15, -0.1) is 0 Å². The average Bonchev–Trinajstić information content (AvgIpc) is 1.97. The van der Waals surface area contributed by atoms with Crippen LogP contribution in [0.2, 0.25) is 0 Å². The van der Waals surface area contributed by atoms with Gasteiger partial charge in [-0.25, -0.2) is 4.79 Å². The molecule has 0 aromatic heterocycles. The molecule has 64 valence electrons. The SMILES string of the molecule is COC(=O)NCCSC(C)=O. The maximum absolute atomic E-state index is 10.4. The number of carbonyl (C=O) groups excluding carboxylic acids is 2. The summed E-state index contributed by atoms with van der Waals surface area (Å²) >= 11 is 1.17. The number of ether oxygens (including phenoxy) is 1. The number of amides is 1. The molecule has 0 heterocycles. The standard InChI is InChI=1S/C6H11NO3S/c1-5(8)11-4-3-7-6(9)10-2/h3-4H2,1-2H3,(H,7,9). The Morgan fingerprint density at radius 3 is 2.64 bits per heavy atom. The molecule has 0 saturated carbocycles. The molecule has 4 nitrogen and oxygen atoms in total. The lowest BCUT2D eigenvalue weighted by Gasteiger charge is -2.00. The molecule has 5 heteroatoms. The maximum atomic E-state index is 10.4. The number of nitrogens with one attached hydrogen (secondary N) is 1. The highest BCUT2D eigenvalue weighted by atomic mass is 32.2. The first-order chi connectivity index (χ1) is 5.16. The van der Waals surface area contributed by atoms with E-state index in [9.17, 15) is 9.59 Å². The van der Waals surface area contributed by atoms with Crippen LogP contribution in [0.1, 0.15) is 6.92 Å². The van der Waals surface area contributed by atoms with Crippen LogP contribution in [0.25, 0.3) is 0 Å². The van der Waals surface area contributed by atoms with Gasteiger partial charge in [0.25, 0.3) is 0 Å². The first-order valence-corrected chi connectivity index (χ1v) is 4.10. The number of rotatable bonds is 3. The Balaban J connectivity index is 3.14. The van der Waals surface area contributed by atoms with Crippen molar-refractivity contribution >= 4 is 23.0 Å². The zero-order chi connectivity index (χ0) is 8.69. The van der Waals surface area contributed by atoms with E-state index in [1.54, 1.807) is 0 Å². The summed E-state index contributed by atoms with van der Waals surface area (Å²) in [4.78, 5) is 20.8. The number of alkyl carbamates (subject to hydrolysis) is 1. The topological polar surface area (TPSA) is 55.4 Å². The summed E-state index contributed by atoms with van der Waals surface area (Å²) in [5.41, 5.74) is 0. The van der Waals surface area contributed by atoms with Gasteiger partial charge in [0.05, 0.1) is 7.11 Å². The molecule has 0 fully saturated rings. The summed E-state index contributed by atoms with van der Waals surface area (Å²) < 4.78 is 4.31. The number of thioether (sulfide) groups is 1. The third kappa shape index (κ3) is 7.18. The molecule has 0 aliphatic carbocycles. The lowest BCUT2D eigenvalue weighted by atomic mass is 10.7. The third-order valence-corrected chi connectivity index (χ3v) is 1.68. The zero-order valence-electron chi connectivity index (χ0n) is 6.55. The molecule has 0 spiro atoms. The molecule has 0 aromatic rings. The predicted octanol–water partition coefficient (Wildman–Crippen LogP) is 0.622. The van der Waals surface area contributed by atoms with E-state index in [-0.39, 0.29) is 5.12 Å². The summed E-state index contributed by atoms with van der Waals surface area (Å²) in [5.74, 6) is 0.588. The van der Waals surface area contributed by atoms with Crippen molar-refractivity contribution in [1.82, 2.24) is 5.32 Å². The number of hydrogen-bond acceptors (Lipinski definition) is 4. The van der Waals surface area contributed by atoms with Gasteiger partial charge >= 0.3 is 6.09 Å². The Kier molecular flexibility index (Phi) is 5.64. The summed E-state index contributed by atoms with van der Waals surface area (Å²) in [6.07, 6.45) is -0.464. The lowest BCUT2D eigenvalue weighted by molar-refractivity contribution is -0.109. The van der Waals surface area contributed by atoms with E-state index in [1.807, 2.05) is 0 Å². The molecule has 0 saturated heterocycles. The minimum absolute atomic E-state index is 0.0525. The Morgan fingerprint density at radius 1 is 1.55 bits per heavy atom. The summed E-state index contributed by atoms with van der Waals surface area (Å²) in [7, 11) is 1.30. The fraction of sp³-hybridized carbons (Fsp3) is 0.667. The van der Waals surface area contributed by atoms with Crippen molar-refractivity contribution in [3.63, 3.8) is 0 Å². The minimum Gasteiger partial charge on any atom is -0.453 e. The Labute approximate surface area is 69.7 Å². The lowest BCUT2D eigenvalue weighted by Crippen LogP contribution is -2.25. The van der Waals surface area contributed by atoms with Crippen LogP contribution < -0.4 is 5.32 Å². The second kappa shape index (κ2) is 6.03. The van der Waals surface area contributed by atoms with E-state index in [1.165, 1.54) is 25.8 Å².